The summed E-state index contributed by atoms with van der Waals surface area (Å²) in [6.45, 7) is 3.12. The lowest BCUT2D eigenvalue weighted by molar-refractivity contribution is -0.141. The van der Waals surface area contributed by atoms with Crippen LogP contribution in [0.4, 0.5) is 19.0 Å². The highest BCUT2D eigenvalue weighted by molar-refractivity contribution is 6.04. The van der Waals surface area contributed by atoms with Crippen molar-refractivity contribution in [3.63, 3.8) is 0 Å². The fraction of sp³-hybridized carbons (Fsp3) is 0.214. The van der Waals surface area contributed by atoms with Gasteiger partial charge in [0.1, 0.15) is 11.5 Å². The first kappa shape index (κ1) is 15.0. The minimum absolute atomic E-state index is 0.00924. The molecular weight excluding hydrogens is 283 g/mol. The normalized spacial score (nSPS) is 11.3. The lowest BCUT2D eigenvalue weighted by Crippen LogP contribution is -2.17. The molecule has 0 saturated heterocycles. The van der Waals surface area contributed by atoms with Gasteiger partial charge in [-0.3, -0.25) is 4.79 Å². The van der Waals surface area contributed by atoms with Crippen molar-refractivity contribution in [3.05, 3.63) is 53.0 Å². The monoisotopic (exact) mass is 295 g/mol. The Bertz CT molecular complexity index is 683. The van der Waals surface area contributed by atoms with Gasteiger partial charge in [0.2, 0.25) is 0 Å². The van der Waals surface area contributed by atoms with Crippen molar-refractivity contribution in [3.8, 4) is 0 Å². The summed E-state index contributed by atoms with van der Waals surface area (Å²) in [5.74, 6) is -0.217. The lowest BCUT2D eigenvalue weighted by atomic mass is 10.1. The number of halogens is 3. The third-order valence-corrected chi connectivity index (χ3v) is 2.75. The maximum Gasteiger partial charge on any atom is 0.433 e. The van der Waals surface area contributed by atoms with Gasteiger partial charge >= 0.3 is 6.18 Å². The number of alkyl halides is 3. The van der Waals surface area contributed by atoms with Crippen LogP contribution in [0, 0.1) is 13.8 Å². The van der Waals surface area contributed by atoms with E-state index in [1.165, 1.54) is 6.92 Å². The van der Waals surface area contributed by atoms with E-state index in [1.54, 1.807) is 25.1 Å². The third kappa shape index (κ3) is 3.56. The lowest BCUT2D eigenvalue weighted by Gasteiger charge is -2.10. The molecule has 0 radical (unpaired) electrons. The van der Waals surface area contributed by atoms with E-state index in [0.717, 1.165) is 17.8 Å². The van der Waals surface area contributed by atoms with E-state index in [4.69, 9.17) is 0 Å². The molecule has 0 atom stereocenters. The maximum absolute atomic E-state index is 12.5. The Morgan fingerprint density at radius 2 is 1.81 bits per heavy atom. The van der Waals surface area contributed by atoms with Crippen LogP contribution in [0.1, 0.15) is 27.4 Å². The quantitative estimate of drug-likeness (QED) is 0.924. The number of rotatable bonds is 2. The molecule has 0 saturated carbocycles. The minimum Gasteiger partial charge on any atom is -0.306 e. The van der Waals surface area contributed by atoms with Gasteiger partial charge in [0.05, 0.1) is 11.3 Å². The van der Waals surface area contributed by atoms with E-state index in [0.29, 0.717) is 5.82 Å². The highest BCUT2D eigenvalue weighted by Gasteiger charge is 2.33. The van der Waals surface area contributed by atoms with Gasteiger partial charge in [-0.1, -0.05) is 6.07 Å². The van der Waals surface area contributed by atoms with Crippen molar-refractivity contribution in [1.82, 2.24) is 9.97 Å². The number of hydrogen-bond donors (Lipinski definition) is 1. The molecule has 0 fully saturated rings. The second kappa shape index (κ2) is 5.51. The topological polar surface area (TPSA) is 54.9 Å². The van der Waals surface area contributed by atoms with Crippen molar-refractivity contribution < 1.29 is 18.0 Å². The van der Waals surface area contributed by atoms with Gasteiger partial charge in [-0.2, -0.15) is 13.2 Å². The van der Waals surface area contributed by atoms with Gasteiger partial charge in [-0.25, -0.2) is 9.97 Å². The van der Waals surface area contributed by atoms with E-state index in [1.807, 2.05) is 0 Å². The van der Waals surface area contributed by atoms with Crippen molar-refractivity contribution in [2.24, 2.45) is 0 Å². The number of anilines is 1. The molecule has 2 rings (SSSR count). The number of aryl methyl sites for hydroxylation is 2. The highest BCUT2D eigenvalue weighted by atomic mass is 19.4. The number of amides is 1. The molecule has 4 nitrogen and oxygen atoms in total. The molecule has 110 valence electrons. The van der Waals surface area contributed by atoms with Gasteiger partial charge in [0, 0.05) is 5.69 Å². The molecule has 2 aromatic heterocycles. The van der Waals surface area contributed by atoms with Crippen LogP contribution in [0.5, 0.6) is 0 Å². The molecule has 0 aliphatic carbocycles. The summed E-state index contributed by atoms with van der Waals surface area (Å²) in [6, 6.07) is 6.97. The summed E-state index contributed by atoms with van der Waals surface area (Å²) >= 11 is 0. The van der Waals surface area contributed by atoms with E-state index in [-0.39, 0.29) is 11.3 Å². The largest absolute Gasteiger partial charge is 0.433 e. The van der Waals surface area contributed by atoms with Crippen LogP contribution in [-0.2, 0) is 6.18 Å². The van der Waals surface area contributed by atoms with Crippen LogP contribution in [0.2, 0.25) is 0 Å². The third-order valence-electron chi connectivity index (χ3n) is 2.75. The molecular formula is C14H12F3N3O. The number of aromatic nitrogens is 2. The molecule has 0 aliphatic rings. The summed E-state index contributed by atoms with van der Waals surface area (Å²) in [5, 5.41) is 2.53. The number of nitrogens with one attached hydrogen (secondary N) is 1. The molecule has 0 spiro atoms. The summed E-state index contributed by atoms with van der Waals surface area (Å²) in [5.41, 5.74) is -0.221. The first-order chi connectivity index (χ1) is 9.77. The van der Waals surface area contributed by atoms with E-state index < -0.39 is 17.8 Å². The Balaban J connectivity index is 2.24. The average Bonchev–Trinajstić information content (AvgIpc) is 2.37. The fourth-order valence-corrected chi connectivity index (χ4v) is 1.76. The molecule has 0 unspecified atom stereocenters. The molecule has 0 aliphatic heterocycles. The van der Waals surface area contributed by atoms with Gasteiger partial charge in [-0.05, 0) is 38.1 Å². The standard InChI is InChI=1S/C14H12F3N3O/c1-8-4-3-5-12(18-8)20-13(21)10-6-7-11(14(15,16)17)19-9(10)2/h3-7H,1-2H3,(H,18,20,21). The predicted octanol–water partition coefficient (Wildman–Crippen LogP) is 3.36. The van der Waals surface area contributed by atoms with Crippen molar-refractivity contribution in [2.75, 3.05) is 5.32 Å². The fourth-order valence-electron chi connectivity index (χ4n) is 1.76. The summed E-state index contributed by atoms with van der Waals surface area (Å²) in [6.07, 6.45) is -4.53. The summed E-state index contributed by atoms with van der Waals surface area (Å²) < 4.78 is 37.6. The van der Waals surface area contributed by atoms with Gasteiger partial charge in [0.25, 0.3) is 5.91 Å². The van der Waals surface area contributed by atoms with E-state index in [9.17, 15) is 18.0 Å². The van der Waals surface area contributed by atoms with Crippen LogP contribution in [0.3, 0.4) is 0 Å². The van der Waals surface area contributed by atoms with Gasteiger partial charge < -0.3 is 5.32 Å². The number of hydrogen-bond acceptors (Lipinski definition) is 3. The van der Waals surface area contributed by atoms with Crippen LogP contribution in [0.25, 0.3) is 0 Å². The van der Waals surface area contributed by atoms with Gasteiger partial charge in [-0.15, -0.1) is 0 Å². The second-order valence-electron chi connectivity index (χ2n) is 4.45. The molecule has 0 bridgehead atoms. The Kier molecular flexibility index (Phi) is 3.93. The minimum atomic E-state index is -4.53. The van der Waals surface area contributed by atoms with Crippen LogP contribution < -0.4 is 5.32 Å². The van der Waals surface area contributed by atoms with Crippen molar-refractivity contribution in [2.45, 2.75) is 20.0 Å². The zero-order chi connectivity index (χ0) is 15.6. The number of carbonyl (C=O) groups is 1. The Morgan fingerprint density at radius 1 is 1.10 bits per heavy atom. The Labute approximate surface area is 119 Å². The van der Waals surface area contributed by atoms with Crippen molar-refractivity contribution >= 4 is 11.7 Å². The molecule has 2 heterocycles. The first-order valence-corrected chi connectivity index (χ1v) is 6.07. The second-order valence-corrected chi connectivity index (χ2v) is 4.45. The van der Waals surface area contributed by atoms with E-state index >= 15 is 0 Å². The smallest absolute Gasteiger partial charge is 0.306 e. The average molecular weight is 295 g/mol. The number of nitrogens with zero attached hydrogens (tertiary/aromatic N) is 2. The molecule has 1 N–H and O–H groups in total. The Morgan fingerprint density at radius 3 is 2.38 bits per heavy atom. The number of carbonyl (C=O) groups excluding carboxylic acids is 1. The molecule has 7 heteroatoms. The maximum atomic E-state index is 12.5. The highest BCUT2D eigenvalue weighted by Crippen LogP contribution is 2.28. The van der Waals surface area contributed by atoms with Crippen LogP contribution in [0.15, 0.2) is 30.3 Å². The molecule has 1 amide bonds. The van der Waals surface area contributed by atoms with Crippen LogP contribution >= 0.6 is 0 Å². The van der Waals surface area contributed by atoms with Crippen LogP contribution in [-0.4, -0.2) is 15.9 Å². The molecule has 0 aromatic carbocycles. The molecule has 21 heavy (non-hydrogen) atoms. The van der Waals surface area contributed by atoms with Gasteiger partial charge in [0.15, 0.2) is 0 Å². The summed E-state index contributed by atoms with van der Waals surface area (Å²) in [4.78, 5) is 19.5. The predicted molar refractivity (Wildman–Crippen MR) is 70.9 cm³/mol. The zero-order valence-corrected chi connectivity index (χ0v) is 11.3. The first-order valence-electron chi connectivity index (χ1n) is 6.07. The Hall–Kier alpha value is -2.44. The van der Waals surface area contributed by atoms with Crippen molar-refractivity contribution in [1.29, 1.82) is 0 Å². The summed E-state index contributed by atoms with van der Waals surface area (Å²) in [7, 11) is 0. The molecule has 2 aromatic rings. The number of pyridine rings is 2. The SMILES string of the molecule is Cc1cccc(NC(=O)c2ccc(C(F)(F)F)nc2C)n1. The van der Waals surface area contributed by atoms with E-state index in [2.05, 4.69) is 15.3 Å². The zero-order valence-electron chi connectivity index (χ0n) is 11.3.